The molecule has 7 unspecified atom stereocenters. The van der Waals surface area contributed by atoms with Crippen LogP contribution >= 0.6 is 0 Å². The Balaban J connectivity index is 2.07. The predicted octanol–water partition coefficient (Wildman–Crippen LogP) is 14.8. The summed E-state index contributed by atoms with van der Waals surface area (Å²) in [6.45, 7) is 3.70. The molecule has 1 fully saturated rings. The molecule has 0 aromatic carbocycles. The molecule has 1 amide bonds. The van der Waals surface area contributed by atoms with Gasteiger partial charge >= 0.3 is 0 Å². The number of amides is 1. The minimum Gasteiger partial charge on any atom is -0.394 e. The zero-order chi connectivity index (χ0) is 52.2. The van der Waals surface area contributed by atoms with E-state index in [1.54, 1.807) is 0 Å². The molecule has 0 spiro atoms. The van der Waals surface area contributed by atoms with Crippen LogP contribution in [0.1, 0.15) is 239 Å². The SMILES string of the molecule is CC/C=C\C/C=C\C/C=C\C/C=C\C/C=C\C/C=C\C/C=C\C/C=C\CCCCCCCCCCCCCCCCC(=O)NC(COC1OC(CO)C(O)C(O)C1O)C(O)CCCCCCCCCCCC. The van der Waals surface area contributed by atoms with Crippen LogP contribution in [0.3, 0.4) is 0 Å². The number of rotatable bonds is 49. The van der Waals surface area contributed by atoms with Gasteiger partial charge in [-0.3, -0.25) is 4.79 Å². The van der Waals surface area contributed by atoms with Gasteiger partial charge < -0.3 is 40.3 Å². The summed E-state index contributed by atoms with van der Waals surface area (Å²) in [5.41, 5.74) is 0. The molecule has 0 radical (unpaired) electrons. The van der Waals surface area contributed by atoms with Crippen molar-refractivity contribution in [3.8, 4) is 0 Å². The summed E-state index contributed by atoms with van der Waals surface area (Å²) >= 11 is 0. The molecular weight excluding hydrogens is 899 g/mol. The standard InChI is InChI=1S/C63H109NO8/c1-3-5-7-9-11-13-15-16-17-18-19-20-21-22-23-24-25-26-27-28-29-30-31-32-33-34-35-36-37-38-39-40-41-42-43-45-47-49-51-53-59(67)64-56(55-71-63-62(70)61(69)60(68)58(54-65)72-63)57(66)52-50-48-46-44-14-12-10-8-6-4-2/h5,7,11,13,16-17,19-20,22-23,25-26,28-29,31-32,56-58,60-63,65-66,68-70H,3-4,6,8-10,12,14-15,18,21,24,27,30,33-55H2,1-2H3,(H,64,67)/b7-5-,13-11-,17-16-,20-19-,23-22-,26-25-,29-28-,32-31-. The Bertz CT molecular complexity index is 1450. The first kappa shape index (κ1) is 67.1. The highest BCUT2D eigenvalue weighted by Gasteiger charge is 2.44. The van der Waals surface area contributed by atoms with Crippen molar-refractivity contribution in [2.45, 2.75) is 281 Å². The van der Waals surface area contributed by atoms with Gasteiger partial charge in [-0.25, -0.2) is 0 Å². The summed E-state index contributed by atoms with van der Waals surface area (Å²) in [5, 5.41) is 54.4. The van der Waals surface area contributed by atoms with Crippen LogP contribution in [-0.2, 0) is 14.3 Å². The lowest BCUT2D eigenvalue weighted by molar-refractivity contribution is -0.302. The second-order valence-electron chi connectivity index (χ2n) is 20.1. The van der Waals surface area contributed by atoms with Gasteiger partial charge in [0.25, 0.3) is 0 Å². The van der Waals surface area contributed by atoms with Gasteiger partial charge in [0.2, 0.25) is 5.91 Å². The Morgan fingerprint density at radius 2 is 0.861 bits per heavy atom. The van der Waals surface area contributed by atoms with Crippen LogP contribution < -0.4 is 5.32 Å². The number of carbonyl (C=O) groups excluding carboxylic acids is 1. The second-order valence-corrected chi connectivity index (χ2v) is 20.1. The van der Waals surface area contributed by atoms with E-state index >= 15 is 0 Å². The van der Waals surface area contributed by atoms with Crippen molar-refractivity contribution >= 4 is 5.91 Å². The van der Waals surface area contributed by atoms with Gasteiger partial charge in [-0.1, -0.05) is 252 Å². The summed E-state index contributed by atoms with van der Waals surface area (Å²) in [4.78, 5) is 13.0. The lowest BCUT2D eigenvalue weighted by atomic mass is 9.99. The van der Waals surface area contributed by atoms with Crippen molar-refractivity contribution in [1.29, 1.82) is 0 Å². The molecule has 7 atom stereocenters. The van der Waals surface area contributed by atoms with Crippen molar-refractivity contribution in [3.05, 3.63) is 97.2 Å². The molecule has 1 heterocycles. The average molecular weight is 1010 g/mol. The first-order chi connectivity index (χ1) is 35.3. The van der Waals surface area contributed by atoms with E-state index in [0.29, 0.717) is 12.8 Å². The van der Waals surface area contributed by atoms with Gasteiger partial charge in [0.1, 0.15) is 24.4 Å². The van der Waals surface area contributed by atoms with Gasteiger partial charge in [-0.15, -0.1) is 0 Å². The van der Waals surface area contributed by atoms with E-state index < -0.39 is 49.5 Å². The molecule has 9 heteroatoms. The number of hydrogen-bond donors (Lipinski definition) is 6. The Kier molecular flexibility index (Phi) is 48.1. The Hall–Kier alpha value is -2.89. The normalized spacial score (nSPS) is 19.9. The molecule has 6 N–H and O–H groups in total. The molecule has 1 rings (SSSR count). The molecule has 9 nitrogen and oxygen atoms in total. The minimum absolute atomic E-state index is 0.141. The molecule has 0 saturated carbocycles. The number of carbonyl (C=O) groups is 1. The van der Waals surface area contributed by atoms with Crippen molar-refractivity contribution in [3.63, 3.8) is 0 Å². The number of unbranched alkanes of at least 4 members (excludes halogenated alkanes) is 23. The molecule has 0 aromatic rings. The first-order valence-electron chi connectivity index (χ1n) is 29.4. The Morgan fingerprint density at radius 1 is 0.486 bits per heavy atom. The molecule has 414 valence electrons. The summed E-state index contributed by atoms with van der Waals surface area (Å²) in [5.74, 6) is -0.149. The molecule has 1 aliphatic heterocycles. The van der Waals surface area contributed by atoms with Crippen LogP contribution in [0.25, 0.3) is 0 Å². The fourth-order valence-corrected chi connectivity index (χ4v) is 8.82. The molecule has 0 bridgehead atoms. The molecule has 72 heavy (non-hydrogen) atoms. The maximum Gasteiger partial charge on any atom is 0.220 e. The van der Waals surface area contributed by atoms with E-state index in [1.165, 1.54) is 122 Å². The number of hydrogen-bond acceptors (Lipinski definition) is 8. The zero-order valence-electron chi connectivity index (χ0n) is 45.9. The van der Waals surface area contributed by atoms with Gasteiger partial charge in [0.15, 0.2) is 6.29 Å². The van der Waals surface area contributed by atoms with Crippen molar-refractivity contribution in [2.24, 2.45) is 0 Å². The minimum atomic E-state index is -1.56. The third-order valence-corrected chi connectivity index (χ3v) is 13.5. The van der Waals surface area contributed by atoms with Crippen LogP contribution in [0.5, 0.6) is 0 Å². The fourth-order valence-electron chi connectivity index (χ4n) is 8.82. The topological polar surface area (TPSA) is 149 Å². The zero-order valence-corrected chi connectivity index (χ0v) is 45.9. The summed E-state index contributed by atoms with van der Waals surface area (Å²) < 4.78 is 11.3. The average Bonchev–Trinajstić information content (AvgIpc) is 3.38. The van der Waals surface area contributed by atoms with Crippen LogP contribution in [0.15, 0.2) is 97.2 Å². The second kappa shape index (κ2) is 51.6. The lowest BCUT2D eigenvalue weighted by Gasteiger charge is -2.40. The molecule has 1 saturated heterocycles. The van der Waals surface area contributed by atoms with Gasteiger partial charge in [-0.2, -0.15) is 0 Å². The van der Waals surface area contributed by atoms with E-state index in [0.717, 1.165) is 89.9 Å². The van der Waals surface area contributed by atoms with Crippen LogP contribution in [0.2, 0.25) is 0 Å². The van der Waals surface area contributed by atoms with Gasteiger partial charge in [0, 0.05) is 6.42 Å². The number of aliphatic hydroxyl groups is 5. The summed E-state index contributed by atoms with van der Waals surface area (Å²) in [6, 6.07) is -0.722. The first-order valence-corrected chi connectivity index (χ1v) is 29.4. The highest BCUT2D eigenvalue weighted by atomic mass is 16.7. The monoisotopic (exact) mass is 1010 g/mol. The lowest BCUT2D eigenvalue weighted by Crippen LogP contribution is -2.60. The third kappa shape index (κ3) is 40.5. The Labute approximate surface area is 441 Å². The number of aliphatic hydroxyl groups excluding tert-OH is 5. The highest BCUT2D eigenvalue weighted by Crippen LogP contribution is 2.23. The van der Waals surface area contributed by atoms with E-state index in [2.05, 4.69) is 116 Å². The van der Waals surface area contributed by atoms with Gasteiger partial charge in [0.05, 0.1) is 25.4 Å². The van der Waals surface area contributed by atoms with Crippen molar-refractivity contribution in [1.82, 2.24) is 5.32 Å². The molecule has 1 aliphatic rings. The number of ether oxygens (including phenoxy) is 2. The molecule has 0 aliphatic carbocycles. The maximum atomic E-state index is 13.0. The van der Waals surface area contributed by atoms with Gasteiger partial charge in [-0.05, 0) is 77.0 Å². The van der Waals surface area contributed by atoms with Crippen LogP contribution in [0, 0.1) is 0 Å². The quantitative estimate of drug-likeness (QED) is 0.0261. The number of nitrogens with one attached hydrogen (secondary N) is 1. The largest absolute Gasteiger partial charge is 0.394 e. The van der Waals surface area contributed by atoms with Crippen LogP contribution in [-0.4, -0.2) is 87.5 Å². The van der Waals surface area contributed by atoms with E-state index in [-0.39, 0.29) is 12.5 Å². The maximum absolute atomic E-state index is 13.0. The van der Waals surface area contributed by atoms with E-state index in [4.69, 9.17) is 9.47 Å². The fraction of sp³-hybridized carbons (Fsp3) is 0.730. The Morgan fingerprint density at radius 3 is 1.28 bits per heavy atom. The predicted molar refractivity (Wildman–Crippen MR) is 304 cm³/mol. The van der Waals surface area contributed by atoms with Crippen LogP contribution in [0.4, 0.5) is 0 Å². The highest BCUT2D eigenvalue weighted by molar-refractivity contribution is 5.76. The molecular formula is C63H109NO8. The van der Waals surface area contributed by atoms with Crippen molar-refractivity contribution in [2.75, 3.05) is 13.2 Å². The van der Waals surface area contributed by atoms with E-state index in [1.807, 2.05) is 0 Å². The smallest absolute Gasteiger partial charge is 0.220 e. The summed E-state index contributed by atoms with van der Waals surface area (Å²) in [6.07, 6.45) is 67.4. The molecule has 0 aromatic heterocycles. The third-order valence-electron chi connectivity index (χ3n) is 13.5. The van der Waals surface area contributed by atoms with Crippen molar-refractivity contribution < 1.29 is 39.8 Å². The van der Waals surface area contributed by atoms with E-state index in [9.17, 15) is 30.3 Å². The number of allylic oxidation sites excluding steroid dienone is 16. The summed E-state index contributed by atoms with van der Waals surface area (Å²) in [7, 11) is 0.